The zero-order valence-corrected chi connectivity index (χ0v) is 10.5. The average Bonchev–Trinajstić information content (AvgIpc) is 2.38. The molecule has 6 nitrogen and oxygen atoms in total. The second kappa shape index (κ2) is 5.32. The van der Waals surface area contributed by atoms with Crippen LogP contribution in [0.4, 0.5) is 11.4 Å². The number of likely N-dealkylation sites (N-methyl/N-ethyl adjacent to an activating group) is 1. The molecule has 0 unspecified atom stereocenters. The van der Waals surface area contributed by atoms with Crippen molar-refractivity contribution in [3.8, 4) is 0 Å². The fraction of sp³-hybridized carbons (Fsp3) is 0.500. The van der Waals surface area contributed by atoms with Crippen LogP contribution in [0.1, 0.15) is 5.56 Å². The molecule has 0 bridgehead atoms. The van der Waals surface area contributed by atoms with Crippen molar-refractivity contribution in [3.63, 3.8) is 0 Å². The van der Waals surface area contributed by atoms with Gasteiger partial charge in [0.15, 0.2) is 0 Å². The molecule has 1 aromatic carbocycles. The number of benzene rings is 1. The summed E-state index contributed by atoms with van der Waals surface area (Å²) in [6, 6.07) is 5.20. The number of rotatable bonds is 3. The molecule has 0 atom stereocenters. The number of nitro benzene ring substituents is 1. The van der Waals surface area contributed by atoms with Crippen molar-refractivity contribution < 1.29 is 4.92 Å². The van der Waals surface area contributed by atoms with Gasteiger partial charge >= 0.3 is 0 Å². The summed E-state index contributed by atoms with van der Waals surface area (Å²) in [5.41, 5.74) is 7.30. The summed E-state index contributed by atoms with van der Waals surface area (Å²) in [5.74, 6) is 0. The van der Waals surface area contributed by atoms with Gasteiger partial charge in [-0.15, -0.1) is 0 Å². The molecule has 0 radical (unpaired) electrons. The van der Waals surface area contributed by atoms with Gasteiger partial charge in [-0.1, -0.05) is 0 Å². The van der Waals surface area contributed by atoms with Crippen molar-refractivity contribution in [1.82, 2.24) is 4.90 Å². The molecule has 0 saturated carbocycles. The summed E-state index contributed by atoms with van der Waals surface area (Å²) in [6.07, 6.45) is 0. The number of anilines is 1. The van der Waals surface area contributed by atoms with E-state index in [1.165, 1.54) is 0 Å². The minimum atomic E-state index is -0.379. The maximum absolute atomic E-state index is 10.8. The van der Waals surface area contributed by atoms with Crippen LogP contribution in [-0.2, 0) is 6.54 Å². The Morgan fingerprint density at radius 1 is 1.33 bits per heavy atom. The van der Waals surface area contributed by atoms with E-state index in [1.54, 1.807) is 6.07 Å². The van der Waals surface area contributed by atoms with Crippen molar-refractivity contribution >= 4 is 11.4 Å². The van der Waals surface area contributed by atoms with Gasteiger partial charge in [-0.25, -0.2) is 0 Å². The molecule has 0 aliphatic carbocycles. The van der Waals surface area contributed by atoms with Crippen molar-refractivity contribution in [1.29, 1.82) is 0 Å². The Labute approximate surface area is 106 Å². The summed E-state index contributed by atoms with van der Waals surface area (Å²) in [5, 5.41) is 10.8. The quantitative estimate of drug-likeness (QED) is 0.634. The number of hydrogen-bond acceptors (Lipinski definition) is 5. The van der Waals surface area contributed by atoms with Crippen LogP contribution in [-0.4, -0.2) is 43.0 Å². The lowest BCUT2D eigenvalue weighted by atomic mass is 10.1. The van der Waals surface area contributed by atoms with Gasteiger partial charge in [0.25, 0.3) is 5.69 Å². The molecule has 18 heavy (non-hydrogen) atoms. The molecule has 1 fully saturated rings. The van der Waals surface area contributed by atoms with E-state index in [2.05, 4.69) is 16.8 Å². The normalized spacial score (nSPS) is 16.9. The van der Waals surface area contributed by atoms with Crippen LogP contribution in [0.25, 0.3) is 0 Å². The fourth-order valence-corrected chi connectivity index (χ4v) is 2.17. The molecule has 1 heterocycles. The highest BCUT2D eigenvalue weighted by Gasteiger charge is 2.18. The predicted octanol–water partition coefficient (Wildman–Crippen LogP) is 0.805. The molecule has 1 aliphatic rings. The van der Waals surface area contributed by atoms with Crippen molar-refractivity contribution in [3.05, 3.63) is 33.9 Å². The monoisotopic (exact) mass is 250 g/mol. The van der Waals surface area contributed by atoms with Crippen molar-refractivity contribution in [2.45, 2.75) is 6.54 Å². The number of hydrogen-bond donors (Lipinski definition) is 1. The van der Waals surface area contributed by atoms with Gasteiger partial charge in [0.05, 0.1) is 4.92 Å². The number of nitro groups is 1. The first-order valence-corrected chi connectivity index (χ1v) is 6.02. The molecule has 1 aliphatic heterocycles. The van der Waals surface area contributed by atoms with Crippen molar-refractivity contribution in [2.24, 2.45) is 5.73 Å². The van der Waals surface area contributed by atoms with Gasteiger partial charge in [-0.2, -0.15) is 0 Å². The molecule has 2 N–H and O–H groups in total. The van der Waals surface area contributed by atoms with Gasteiger partial charge in [-0.05, 0) is 19.2 Å². The molecule has 1 aromatic rings. The van der Waals surface area contributed by atoms with Gasteiger partial charge in [-0.3, -0.25) is 10.1 Å². The lowest BCUT2D eigenvalue weighted by molar-refractivity contribution is -0.385. The average molecular weight is 250 g/mol. The lowest BCUT2D eigenvalue weighted by Crippen LogP contribution is -2.44. The Hall–Kier alpha value is -1.66. The summed E-state index contributed by atoms with van der Waals surface area (Å²) in [7, 11) is 2.10. The predicted molar refractivity (Wildman–Crippen MR) is 70.7 cm³/mol. The van der Waals surface area contributed by atoms with Gasteiger partial charge < -0.3 is 15.5 Å². The van der Waals surface area contributed by atoms with Gasteiger partial charge in [0, 0.05) is 50.0 Å². The fourth-order valence-electron chi connectivity index (χ4n) is 2.17. The lowest BCUT2D eigenvalue weighted by Gasteiger charge is -2.34. The Morgan fingerprint density at radius 2 is 2.00 bits per heavy atom. The number of piperazine rings is 1. The smallest absolute Gasteiger partial charge is 0.274 e. The molecule has 0 aromatic heterocycles. The number of nitrogens with zero attached hydrogens (tertiary/aromatic N) is 3. The molecule has 6 heteroatoms. The highest BCUT2D eigenvalue weighted by Crippen LogP contribution is 2.25. The van der Waals surface area contributed by atoms with Crippen LogP contribution >= 0.6 is 0 Å². The minimum Gasteiger partial charge on any atom is -0.369 e. The summed E-state index contributed by atoms with van der Waals surface area (Å²) in [4.78, 5) is 15.0. The Balaban J connectivity index is 2.22. The third-order valence-corrected chi connectivity index (χ3v) is 3.35. The third-order valence-electron chi connectivity index (χ3n) is 3.35. The zero-order valence-electron chi connectivity index (χ0n) is 10.5. The van der Waals surface area contributed by atoms with E-state index in [9.17, 15) is 10.1 Å². The molecular formula is C12H18N4O2. The largest absolute Gasteiger partial charge is 0.369 e. The molecule has 1 saturated heterocycles. The number of nitrogens with two attached hydrogens (primary N) is 1. The van der Waals surface area contributed by atoms with E-state index < -0.39 is 0 Å². The summed E-state index contributed by atoms with van der Waals surface area (Å²) in [6.45, 7) is 4.10. The van der Waals surface area contributed by atoms with Gasteiger partial charge in [0.2, 0.25) is 0 Å². The second-order valence-corrected chi connectivity index (χ2v) is 4.56. The van der Waals surface area contributed by atoms with E-state index in [4.69, 9.17) is 5.73 Å². The van der Waals surface area contributed by atoms with Crippen LogP contribution in [0.2, 0.25) is 0 Å². The Morgan fingerprint density at radius 3 is 2.56 bits per heavy atom. The third kappa shape index (κ3) is 2.60. The van der Waals surface area contributed by atoms with Crippen LogP contribution in [0, 0.1) is 10.1 Å². The highest BCUT2D eigenvalue weighted by molar-refractivity contribution is 5.56. The molecule has 2 rings (SSSR count). The van der Waals surface area contributed by atoms with Crippen molar-refractivity contribution in [2.75, 3.05) is 38.1 Å². The van der Waals surface area contributed by atoms with Crippen LogP contribution in [0.15, 0.2) is 18.2 Å². The zero-order chi connectivity index (χ0) is 13.1. The van der Waals surface area contributed by atoms with Gasteiger partial charge in [0.1, 0.15) is 0 Å². The summed E-state index contributed by atoms with van der Waals surface area (Å²) < 4.78 is 0. The van der Waals surface area contributed by atoms with Crippen LogP contribution in [0.5, 0.6) is 0 Å². The Kier molecular flexibility index (Phi) is 3.78. The first-order chi connectivity index (χ1) is 8.61. The standard InChI is InChI=1S/C12H18N4O2/c1-14-4-6-15(7-5-14)11-2-3-12(16(17)18)10(8-11)9-13/h2-3,8H,4-7,9,13H2,1H3. The highest BCUT2D eigenvalue weighted by atomic mass is 16.6. The molecule has 98 valence electrons. The van der Waals surface area contributed by atoms with Crippen LogP contribution in [0.3, 0.4) is 0 Å². The first-order valence-electron chi connectivity index (χ1n) is 6.02. The molecular weight excluding hydrogens is 232 g/mol. The molecule has 0 amide bonds. The molecule has 0 spiro atoms. The maximum atomic E-state index is 10.8. The van der Waals surface area contributed by atoms with E-state index in [-0.39, 0.29) is 17.2 Å². The topological polar surface area (TPSA) is 75.6 Å². The SMILES string of the molecule is CN1CCN(c2ccc([N+](=O)[O-])c(CN)c2)CC1. The minimum absolute atomic E-state index is 0.107. The first kappa shape index (κ1) is 12.8. The van der Waals surface area contributed by atoms with E-state index >= 15 is 0 Å². The van der Waals surface area contributed by atoms with Crippen LogP contribution < -0.4 is 10.6 Å². The maximum Gasteiger partial charge on any atom is 0.274 e. The van der Waals surface area contributed by atoms with E-state index in [1.807, 2.05) is 12.1 Å². The van der Waals surface area contributed by atoms with E-state index in [0.29, 0.717) is 5.56 Å². The Bertz CT molecular complexity index is 442. The summed E-state index contributed by atoms with van der Waals surface area (Å²) >= 11 is 0. The second-order valence-electron chi connectivity index (χ2n) is 4.56. The van der Waals surface area contributed by atoms with E-state index in [0.717, 1.165) is 31.9 Å².